The number of amides is 1. The highest BCUT2D eigenvalue weighted by molar-refractivity contribution is 5.92. The Kier molecular flexibility index (Phi) is 3.40. The monoisotopic (exact) mass is 221 g/mol. The lowest BCUT2D eigenvalue weighted by molar-refractivity contribution is -0.385. The smallest absolute Gasteiger partial charge is 0.293 e. The van der Waals surface area contributed by atoms with Crippen molar-refractivity contribution in [3.8, 4) is 17.7 Å². The molecule has 1 aromatic rings. The molecule has 1 amide bonds. The number of hydrogen-bond donors (Lipinski definition) is 1. The van der Waals surface area contributed by atoms with Crippen molar-refractivity contribution in [3.05, 3.63) is 27.9 Å². The lowest BCUT2D eigenvalue weighted by Gasteiger charge is -2.00. The van der Waals surface area contributed by atoms with Crippen molar-refractivity contribution in [2.24, 2.45) is 5.73 Å². The zero-order valence-corrected chi connectivity index (χ0v) is 8.26. The molecule has 0 saturated heterocycles. The molecular weight excluding hydrogens is 214 g/mol. The van der Waals surface area contributed by atoms with Crippen LogP contribution in [0.1, 0.15) is 5.56 Å². The number of hydrogen-bond acceptors (Lipinski definition) is 5. The Morgan fingerprint density at radius 1 is 1.69 bits per heavy atom. The lowest BCUT2D eigenvalue weighted by Crippen LogP contribution is -2.06. The van der Waals surface area contributed by atoms with Gasteiger partial charge in [0.25, 0.3) is 11.6 Å². The molecule has 0 atom stereocenters. The van der Waals surface area contributed by atoms with Crippen LogP contribution in [0.2, 0.25) is 0 Å². The second kappa shape index (κ2) is 4.75. The van der Waals surface area contributed by atoms with Gasteiger partial charge in [-0.3, -0.25) is 14.9 Å². The molecule has 7 nitrogen and oxygen atoms in total. The van der Waals surface area contributed by atoms with Crippen LogP contribution in [-0.2, 0) is 4.79 Å². The molecule has 7 heteroatoms. The normalized spacial score (nSPS) is 8.81. The number of methoxy groups -OCH3 is 1. The summed E-state index contributed by atoms with van der Waals surface area (Å²) in [6, 6.07) is 1.15. The molecule has 0 saturated carbocycles. The first-order chi connectivity index (χ1) is 7.54. The minimum Gasteiger partial charge on any atom is -0.480 e. The third kappa shape index (κ3) is 2.68. The highest BCUT2D eigenvalue weighted by Gasteiger charge is 2.11. The van der Waals surface area contributed by atoms with E-state index < -0.39 is 10.8 Å². The molecule has 0 radical (unpaired) electrons. The summed E-state index contributed by atoms with van der Waals surface area (Å²) in [7, 11) is 1.34. The summed E-state index contributed by atoms with van der Waals surface area (Å²) in [4.78, 5) is 24.0. The second-order valence-corrected chi connectivity index (χ2v) is 2.62. The molecule has 1 heterocycles. The number of carbonyl (C=O) groups excluding carboxylic acids is 1. The van der Waals surface area contributed by atoms with Crippen molar-refractivity contribution in [1.82, 2.24) is 4.98 Å². The SMILES string of the molecule is COc1ncc([N+](=O)[O-])cc1C#CC(N)=O. The van der Waals surface area contributed by atoms with E-state index >= 15 is 0 Å². The predicted octanol–water partition coefficient (Wildman–Crippen LogP) is -0.165. The fourth-order valence-electron chi connectivity index (χ4n) is 0.922. The average molecular weight is 221 g/mol. The summed E-state index contributed by atoms with van der Waals surface area (Å²) in [5.74, 6) is 3.65. The molecule has 0 unspecified atom stereocenters. The first-order valence-corrected chi connectivity index (χ1v) is 4.04. The Bertz CT molecular complexity index is 501. The number of nitro groups is 1. The van der Waals surface area contributed by atoms with Crippen LogP contribution >= 0.6 is 0 Å². The van der Waals surface area contributed by atoms with E-state index in [1.54, 1.807) is 0 Å². The van der Waals surface area contributed by atoms with Gasteiger partial charge in [0.05, 0.1) is 17.6 Å². The average Bonchev–Trinajstić information content (AvgIpc) is 2.25. The molecule has 0 fully saturated rings. The molecule has 0 bridgehead atoms. The molecule has 0 spiro atoms. The number of nitrogens with two attached hydrogens (primary N) is 1. The van der Waals surface area contributed by atoms with Gasteiger partial charge in [-0.2, -0.15) is 0 Å². The van der Waals surface area contributed by atoms with Crippen molar-refractivity contribution < 1.29 is 14.5 Å². The maximum absolute atomic E-state index is 10.5. The lowest BCUT2D eigenvalue weighted by atomic mass is 10.2. The quantitative estimate of drug-likeness (QED) is 0.424. The van der Waals surface area contributed by atoms with E-state index in [1.165, 1.54) is 7.11 Å². The van der Waals surface area contributed by atoms with Gasteiger partial charge >= 0.3 is 0 Å². The molecule has 82 valence electrons. The van der Waals surface area contributed by atoms with Crippen LogP contribution in [0.5, 0.6) is 5.88 Å². The molecule has 1 aromatic heterocycles. The number of primary amides is 1. The van der Waals surface area contributed by atoms with Gasteiger partial charge in [0.1, 0.15) is 6.20 Å². The molecule has 1 rings (SSSR count). The van der Waals surface area contributed by atoms with Gasteiger partial charge in [-0.15, -0.1) is 0 Å². The maximum Gasteiger partial charge on any atom is 0.293 e. The molecule has 0 aromatic carbocycles. The Hall–Kier alpha value is -2.62. The van der Waals surface area contributed by atoms with Gasteiger partial charge < -0.3 is 10.5 Å². The van der Waals surface area contributed by atoms with E-state index in [0.717, 1.165) is 12.3 Å². The van der Waals surface area contributed by atoms with E-state index in [4.69, 9.17) is 10.5 Å². The summed E-state index contributed by atoms with van der Waals surface area (Å²) in [6.45, 7) is 0. The zero-order chi connectivity index (χ0) is 12.1. The Balaban J connectivity index is 3.24. The van der Waals surface area contributed by atoms with E-state index in [1.807, 2.05) is 5.92 Å². The van der Waals surface area contributed by atoms with Gasteiger partial charge in [0.2, 0.25) is 5.88 Å². The number of aromatic nitrogens is 1. The summed E-state index contributed by atoms with van der Waals surface area (Å²) < 4.78 is 4.82. The Morgan fingerprint density at radius 3 is 2.88 bits per heavy atom. The number of rotatable bonds is 2. The van der Waals surface area contributed by atoms with Crippen LogP contribution in [-0.4, -0.2) is 22.9 Å². The van der Waals surface area contributed by atoms with Crippen LogP contribution in [0.4, 0.5) is 5.69 Å². The van der Waals surface area contributed by atoms with E-state index in [0.29, 0.717) is 0 Å². The number of nitrogens with zero attached hydrogens (tertiary/aromatic N) is 2. The fraction of sp³-hybridized carbons (Fsp3) is 0.111. The first kappa shape index (κ1) is 11.5. The third-order valence-electron chi connectivity index (χ3n) is 1.56. The maximum atomic E-state index is 10.5. The van der Waals surface area contributed by atoms with Crippen molar-refractivity contribution >= 4 is 11.6 Å². The van der Waals surface area contributed by atoms with Gasteiger partial charge in [0.15, 0.2) is 0 Å². The minimum absolute atomic E-state index is 0.0966. The van der Waals surface area contributed by atoms with E-state index in [-0.39, 0.29) is 17.1 Å². The van der Waals surface area contributed by atoms with Crippen LogP contribution in [0.25, 0.3) is 0 Å². The molecule has 0 aliphatic carbocycles. The first-order valence-electron chi connectivity index (χ1n) is 4.04. The van der Waals surface area contributed by atoms with E-state index in [9.17, 15) is 14.9 Å². The van der Waals surface area contributed by atoms with Crippen molar-refractivity contribution in [2.45, 2.75) is 0 Å². The molecule has 16 heavy (non-hydrogen) atoms. The number of ether oxygens (including phenoxy) is 1. The van der Waals surface area contributed by atoms with Crippen molar-refractivity contribution in [2.75, 3.05) is 7.11 Å². The standard InChI is InChI=1S/C9H7N3O4/c1-16-9-6(2-3-8(10)13)4-7(5-11-9)12(14)15/h4-5H,1H3,(H2,10,13). The Labute approximate surface area is 90.4 Å². The Morgan fingerprint density at radius 2 is 2.38 bits per heavy atom. The largest absolute Gasteiger partial charge is 0.480 e. The second-order valence-electron chi connectivity index (χ2n) is 2.62. The summed E-state index contributed by atoms with van der Waals surface area (Å²) in [6.07, 6.45) is 1.04. The number of pyridine rings is 1. The number of carbonyl (C=O) groups is 1. The van der Waals surface area contributed by atoms with Gasteiger partial charge in [-0.1, -0.05) is 5.92 Å². The highest BCUT2D eigenvalue weighted by Crippen LogP contribution is 2.19. The van der Waals surface area contributed by atoms with Gasteiger partial charge in [-0.05, 0) is 0 Å². The molecule has 0 aliphatic heterocycles. The van der Waals surface area contributed by atoms with Crippen LogP contribution in [0, 0.1) is 22.0 Å². The van der Waals surface area contributed by atoms with Gasteiger partial charge in [0, 0.05) is 12.0 Å². The third-order valence-corrected chi connectivity index (χ3v) is 1.56. The minimum atomic E-state index is -0.839. The zero-order valence-electron chi connectivity index (χ0n) is 8.26. The van der Waals surface area contributed by atoms with Crippen molar-refractivity contribution in [1.29, 1.82) is 0 Å². The van der Waals surface area contributed by atoms with Crippen LogP contribution in [0.3, 0.4) is 0 Å². The molecule has 2 N–H and O–H groups in total. The summed E-state index contributed by atoms with van der Waals surface area (Å²) in [5, 5.41) is 10.5. The predicted molar refractivity (Wildman–Crippen MR) is 53.5 cm³/mol. The van der Waals surface area contributed by atoms with Crippen LogP contribution < -0.4 is 10.5 Å². The summed E-state index contributed by atoms with van der Waals surface area (Å²) >= 11 is 0. The summed E-state index contributed by atoms with van der Waals surface area (Å²) in [5.41, 5.74) is 4.72. The molecule has 0 aliphatic rings. The highest BCUT2D eigenvalue weighted by atomic mass is 16.6. The van der Waals surface area contributed by atoms with Crippen LogP contribution in [0.15, 0.2) is 12.3 Å². The molecular formula is C9H7N3O4. The van der Waals surface area contributed by atoms with E-state index in [2.05, 4.69) is 10.9 Å². The van der Waals surface area contributed by atoms with Crippen molar-refractivity contribution in [3.63, 3.8) is 0 Å². The van der Waals surface area contributed by atoms with Gasteiger partial charge in [-0.25, -0.2) is 4.98 Å². The fourth-order valence-corrected chi connectivity index (χ4v) is 0.922. The topological polar surface area (TPSA) is 108 Å².